The maximum absolute atomic E-state index is 11.9. The predicted molar refractivity (Wildman–Crippen MR) is 64.0 cm³/mol. The molecular formula is C12H14N2O4. The number of likely N-dealkylation sites (tertiary alicyclic amines) is 1. The lowest BCUT2D eigenvalue weighted by atomic mass is 10.1. The molecule has 1 aromatic carbocycles. The highest BCUT2D eigenvalue weighted by Gasteiger charge is 2.24. The maximum atomic E-state index is 11.9. The topological polar surface area (TPSA) is 83.7 Å². The van der Waals surface area contributed by atoms with Crippen molar-refractivity contribution in [3.8, 4) is 0 Å². The number of rotatable bonds is 3. The van der Waals surface area contributed by atoms with Gasteiger partial charge in [-0.2, -0.15) is 0 Å². The summed E-state index contributed by atoms with van der Waals surface area (Å²) in [5.74, 6) is -0.0552. The van der Waals surface area contributed by atoms with Gasteiger partial charge >= 0.3 is 0 Å². The molecular weight excluding hydrogens is 236 g/mol. The van der Waals surface area contributed by atoms with Crippen molar-refractivity contribution in [1.82, 2.24) is 4.90 Å². The van der Waals surface area contributed by atoms with Crippen molar-refractivity contribution in [3.05, 3.63) is 39.9 Å². The van der Waals surface area contributed by atoms with Gasteiger partial charge < -0.3 is 10.0 Å². The number of carbonyl (C=O) groups is 1. The monoisotopic (exact) mass is 250 g/mol. The fourth-order valence-electron chi connectivity index (χ4n) is 1.99. The molecule has 0 aliphatic carbocycles. The van der Waals surface area contributed by atoms with Gasteiger partial charge in [-0.1, -0.05) is 12.1 Å². The number of non-ortho nitro benzene ring substituents is 1. The lowest BCUT2D eigenvalue weighted by molar-refractivity contribution is -0.384. The van der Waals surface area contributed by atoms with Crippen LogP contribution in [-0.2, 0) is 11.2 Å². The largest absolute Gasteiger partial charge is 0.391 e. The number of β-amino-alcohol motifs (C(OH)–C–C–N with tert-alkyl or cyclic N) is 1. The van der Waals surface area contributed by atoms with Gasteiger partial charge in [0.2, 0.25) is 5.91 Å². The van der Waals surface area contributed by atoms with Crippen LogP contribution >= 0.6 is 0 Å². The zero-order valence-electron chi connectivity index (χ0n) is 9.78. The van der Waals surface area contributed by atoms with Crippen LogP contribution in [0.3, 0.4) is 0 Å². The van der Waals surface area contributed by atoms with Gasteiger partial charge in [-0.3, -0.25) is 14.9 Å². The molecule has 1 unspecified atom stereocenters. The summed E-state index contributed by atoms with van der Waals surface area (Å²) in [6.07, 6.45) is 0.405. The lowest BCUT2D eigenvalue weighted by Crippen LogP contribution is -2.30. The fourth-order valence-corrected chi connectivity index (χ4v) is 1.99. The van der Waals surface area contributed by atoms with Crippen molar-refractivity contribution >= 4 is 11.6 Å². The van der Waals surface area contributed by atoms with Crippen LogP contribution in [0.1, 0.15) is 12.0 Å². The van der Waals surface area contributed by atoms with E-state index in [4.69, 9.17) is 0 Å². The van der Waals surface area contributed by atoms with E-state index < -0.39 is 11.0 Å². The maximum Gasteiger partial charge on any atom is 0.269 e. The van der Waals surface area contributed by atoms with Gasteiger partial charge in [-0.05, 0) is 12.0 Å². The number of nitro groups is 1. The molecule has 2 rings (SSSR count). The van der Waals surface area contributed by atoms with E-state index >= 15 is 0 Å². The molecule has 96 valence electrons. The summed E-state index contributed by atoms with van der Waals surface area (Å²) in [5, 5.41) is 19.8. The third-order valence-electron chi connectivity index (χ3n) is 3.02. The zero-order valence-corrected chi connectivity index (χ0v) is 9.78. The summed E-state index contributed by atoms with van der Waals surface area (Å²) in [5.41, 5.74) is 0.759. The van der Waals surface area contributed by atoms with E-state index in [0.717, 1.165) is 5.56 Å². The Morgan fingerprint density at radius 3 is 2.61 bits per heavy atom. The molecule has 6 nitrogen and oxygen atoms in total. The number of hydrogen-bond donors (Lipinski definition) is 1. The molecule has 1 aliphatic heterocycles. The average Bonchev–Trinajstić information content (AvgIpc) is 2.76. The van der Waals surface area contributed by atoms with Crippen molar-refractivity contribution in [2.45, 2.75) is 18.9 Å². The van der Waals surface area contributed by atoms with Gasteiger partial charge in [-0.15, -0.1) is 0 Å². The molecule has 1 heterocycles. The van der Waals surface area contributed by atoms with E-state index in [9.17, 15) is 20.0 Å². The fraction of sp³-hybridized carbons (Fsp3) is 0.417. The van der Waals surface area contributed by atoms with Crippen LogP contribution in [0.25, 0.3) is 0 Å². The minimum atomic E-state index is -0.470. The van der Waals surface area contributed by atoms with Crippen LogP contribution in [0.15, 0.2) is 24.3 Å². The Kier molecular flexibility index (Phi) is 3.57. The zero-order chi connectivity index (χ0) is 13.1. The highest BCUT2D eigenvalue weighted by atomic mass is 16.6. The Bertz CT molecular complexity index is 458. The number of carbonyl (C=O) groups excluding carboxylic acids is 1. The Labute approximate surface area is 104 Å². The first-order valence-corrected chi connectivity index (χ1v) is 5.75. The summed E-state index contributed by atoms with van der Waals surface area (Å²) >= 11 is 0. The molecule has 1 aromatic rings. The summed E-state index contributed by atoms with van der Waals surface area (Å²) < 4.78 is 0. The Morgan fingerprint density at radius 2 is 2.11 bits per heavy atom. The molecule has 1 saturated heterocycles. The number of aliphatic hydroxyl groups is 1. The summed E-state index contributed by atoms with van der Waals surface area (Å²) in [6, 6.07) is 5.95. The molecule has 18 heavy (non-hydrogen) atoms. The van der Waals surface area contributed by atoms with E-state index in [-0.39, 0.29) is 18.0 Å². The van der Waals surface area contributed by atoms with Gasteiger partial charge in [0.05, 0.1) is 17.4 Å². The van der Waals surface area contributed by atoms with Gasteiger partial charge in [0.1, 0.15) is 0 Å². The SMILES string of the molecule is O=C(Cc1ccc([N+](=O)[O-])cc1)N1CCC(O)C1. The Morgan fingerprint density at radius 1 is 1.44 bits per heavy atom. The van der Waals surface area contributed by atoms with Crippen molar-refractivity contribution in [1.29, 1.82) is 0 Å². The van der Waals surface area contributed by atoms with Crippen LogP contribution < -0.4 is 0 Å². The standard InChI is InChI=1S/C12H14N2O4/c15-11-5-6-13(8-11)12(16)7-9-1-3-10(4-2-9)14(17)18/h1-4,11,15H,5-8H2. The van der Waals surface area contributed by atoms with Crippen LogP contribution in [0.5, 0.6) is 0 Å². The number of hydrogen-bond acceptors (Lipinski definition) is 4. The highest BCUT2D eigenvalue weighted by Crippen LogP contribution is 2.15. The lowest BCUT2D eigenvalue weighted by Gasteiger charge is -2.15. The van der Waals surface area contributed by atoms with Crippen LogP contribution in [0.4, 0.5) is 5.69 Å². The molecule has 0 aromatic heterocycles. The van der Waals surface area contributed by atoms with Gasteiger partial charge in [0.25, 0.3) is 5.69 Å². The van der Waals surface area contributed by atoms with Crippen LogP contribution in [-0.4, -0.2) is 40.0 Å². The summed E-state index contributed by atoms with van der Waals surface area (Å²) in [4.78, 5) is 23.5. The second-order valence-corrected chi connectivity index (χ2v) is 4.38. The Hall–Kier alpha value is -1.95. The number of amides is 1. The molecule has 6 heteroatoms. The molecule has 1 atom stereocenters. The van der Waals surface area contributed by atoms with Gasteiger partial charge in [-0.25, -0.2) is 0 Å². The smallest absolute Gasteiger partial charge is 0.269 e. The van der Waals surface area contributed by atoms with E-state index in [1.165, 1.54) is 12.1 Å². The minimum absolute atomic E-state index is 0.0165. The second kappa shape index (κ2) is 5.14. The van der Waals surface area contributed by atoms with E-state index in [1.54, 1.807) is 17.0 Å². The molecule has 0 saturated carbocycles. The molecule has 0 bridgehead atoms. The van der Waals surface area contributed by atoms with E-state index in [1.807, 2.05) is 0 Å². The molecule has 1 aliphatic rings. The first-order valence-electron chi connectivity index (χ1n) is 5.75. The normalized spacial score (nSPS) is 18.9. The van der Waals surface area contributed by atoms with E-state index in [0.29, 0.717) is 19.5 Å². The van der Waals surface area contributed by atoms with Crippen LogP contribution in [0, 0.1) is 10.1 Å². The van der Waals surface area contributed by atoms with E-state index in [2.05, 4.69) is 0 Å². The summed E-state index contributed by atoms with van der Waals surface area (Å²) in [7, 11) is 0. The minimum Gasteiger partial charge on any atom is -0.391 e. The highest BCUT2D eigenvalue weighted by molar-refractivity contribution is 5.79. The quantitative estimate of drug-likeness (QED) is 0.633. The molecule has 1 fully saturated rings. The van der Waals surface area contributed by atoms with Gasteiger partial charge in [0, 0.05) is 25.2 Å². The van der Waals surface area contributed by atoms with Crippen molar-refractivity contribution in [2.75, 3.05) is 13.1 Å². The van der Waals surface area contributed by atoms with Crippen molar-refractivity contribution < 1.29 is 14.8 Å². The predicted octanol–water partition coefficient (Wildman–Crippen LogP) is 0.730. The molecule has 0 radical (unpaired) electrons. The van der Waals surface area contributed by atoms with Crippen molar-refractivity contribution in [2.24, 2.45) is 0 Å². The number of benzene rings is 1. The number of aliphatic hydroxyl groups excluding tert-OH is 1. The van der Waals surface area contributed by atoms with Crippen molar-refractivity contribution in [3.63, 3.8) is 0 Å². The second-order valence-electron chi connectivity index (χ2n) is 4.38. The number of nitro benzene ring substituents is 1. The Balaban J connectivity index is 1.97. The average molecular weight is 250 g/mol. The van der Waals surface area contributed by atoms with Gasteiger partial charge in [0.15, 0.2) is 0 Å². The molecule has 1 amide bonds. The van der Waals surface area contributed by atoms with Crippen LogP contribution in [0.2, 0.25) is 0 Å². The first kappa shape index (κ1) is 12.5. The summed E-state index contributed by atoms with van der Waals surface area (Å²) in [6.45, 7) is 0.957. The number of nitrogens with zero attached hydrogens (tertiary/aromatic N) is 2. The first-order chi connectivity index (χ1) is 8.56. The molecule has 0 spiro atoms. The molecule has 1 N–H and O–H groups in total. The third-order valence-corrected chi connectivity index (χ3v) is 3.02. The third kappa shape index (κ3) is 2.84.